The van der Waals surface area contributed by atoms with Crippen LogP contribution in [0.2, 0.25) is 5.02 Å². The number of pyridine rings is 2. The van der Waals surface area contributed by atoms with Crippen LogP contribution in [0.4, 0.5) is 5.82 Å². The van der Waals surface area contributed by atoms with Crippen LogP contribution in [0.5, 0.6) is 0 Å². The van der Waals surface area contributed by atoms with Gasteiger partial charge in [-0.1, -0.05) is 18.5 Å². The number of anilines is 1. The zero-order valence-electron chi connectivity index (χ0n) is 15.9. The van der Waals surface area contributed by atoms with Gasteiger partial charge in [0.05, 0.1) is 5.02 Å². The van der Waals surface area contributed by atoms with Crippen molar-refractivity contribution in [2.24, 2.45) is 23.7 Å². The van der Waals surface area contributed by atoms with E-state index in [1.54, 1.807) is 12.4 Å². The highest BCUT2D eigenvalue weighted by Gasteiger charge is 2.58. The number of nitrogens with zero attached hydrogens (tertiary/aromatic N) is 2. The van der Waals surface area contributed by atoms with Gasteiger partial charge in [0.15, 0.2) is 0 Å². The fraction of sp³-hybridized carbons (Fsp3) is 0.348. The first-order valence-corrected chi connectivity index (χ1v) is 10.2. The highest BCUT2D eigenvalue weighted by molar-refractivity contribution is 6.36. The molecule has 0 aliphatic heterocycles. The molecule has 2 fully saturated rings. The third-order valence-electron chi connectivity index (χ3n) is 6.37. The lowest BCUT2D eigenvalue weighted by Gasteiger charge is -2.11. The van der Waals surface area contributed by atoms with E-state index in [1.165, 1.54) is 12.8 Å². The Balaban J connectivity index is 1.44. The molecular formula is C23H22ClN3O. The standard InChI is InChI=1S/C23H22ClN3O/c1-12-5-16-17(6-12)22(16)23(28)27-21-9-15-7-14(8-20(24)19(15)11-26-21)18-10-25-4-3-13(18)2/h3-4,7-12,16-17,22H,5-6H2,1-2H3,(H,26,27,28)/t12?,16-,17+,22+. The normalized spacial score (nSPS) is 25.5. The van der Waals surface area contributed by atoms with Crippen molar-refractivity contribution in [3.05, 3.63) is 53.4 Å². The summed E-state index contributed by atoms with van der Waals surface area (Å²) >= 11 is 6.51. The number of benzene rings is 1. The Bertz CT molecular complexity index is 1080. The number of rotatable bonds is 3. The van der Waals surface area contributed by atoms with E-state index in [0.717, 1.165) is 33.4 Å². The zero-order chi connectivity index (χ0) is 19.4. The Hall–Kier alpha value is -2.46. The molecule has 2 heterocycles. The molecule has 142 valence electrons. The maximum absolute atomic E-state index is 12.6. The van der Waals surface area contributed by atoms with E-state index in [2.05, 4.69) is 35.2 Å². The summed E-state index contributed by atoms with van der Waals surface area (Å²) in [6, 6.07) is 7.92. The van der Waals surface area contributed by atoms with Gasteiger partial charge in [-0.3, -0.25) is 9.78 Å². The third-order valence-corrected chi connectivity index (χ3v) is 6.68. The van der Waals surface area contributed by atoms with Gasteiger partial charge < -0.3 is 5.32 Å². The molecule has 28 heavy (non-hydrogen) atoms. The molecule has 0 bridgehead atoms. The van der Waals surface area contributed by atoms with Gasteiger partial charge in [-0.15, -0.1) is 0 Å². The molecule has 2 aliphatic carbocycles. The van der Waals surface area contributed by atoms with E-state index in [1.807, 2.05) is 24.4 Å². The monoisotopic (exact) mass is 391 g/mol. The van der Waals surface area contributed by atoms with E-state index in [9.17, 15) is 4.79 Å². The molecule has 2 aliphatic rings. The fourth-order valence-electron chi connectivity index (χ4n) is 4.92. The van der Waals surface area contributed by atoms with E-state index in [-0.39, 0.29) is 11.8 Å². The fourth-order valence-corrected chi connectivity index (χ4v) is 5.19. The van der Waals surface area contributed by atoms with Crippen LogP contribution >= 0.6 is 11.6 Å². The summed E-state index contributed by atoms with van der Waals surface area (Å²) in [6.07, 6.45) is 7.73. The van der Waals surface area contributed by atoms with Crippen LogP contribution in [0.1, 0.15) is 25.3 Å². The molecule has 4 nitrogen and oxygen atoms in total. The first kappa shape index (κ1) is 17.6. The second kappa shape index (κ2) is 6.56. The third kappa shape index (κ3) is 2.96. The van der Waals surface area contributed by atoms with Crippen LogP contribution in [0.25, 0.3) is 21.9 Å². The Morgan fingerprint density at radius 2 is 1.96 bits per heavy atom. The maximum Gasteiger partial charge on any atom is 0.229 e. The molecule has 1 unspecified atom stereocenters. The van der Waals surface area contributed by atoms with Crippen molar-refractivity contribution in [3.63, 3.8) is 0 Å². The minimum absolute atomic E-state index is 0.110. The Morgan fingerprint density at radius 3 is 2.71 bits per heavy atom. The van der Waals surface area contributed by atoms with Gasteiger partial charge in [-0.2, -0.15) is 0 Å². The number of nitrogens with one attached hydrogen (secondary N) is 1. The smallest absolute Gasteiger partial charge is 0.229 e. The number of amides is 1. The lowest BCUT2D eigenvalue weighted by Crippen LogP contribution is -2.18. The minimum atomic E-state index is 0.110. The first-order chi connectivity index (χ1) is 13.5. The number of carbonyl (C=O) groups is 1. The topological polar surface area (TPSA) is 54.9 Å². The van der Waals surface area contributed by atoms with Crippen molar-refractivity contribution in [1.29, 1.82) is 0 Å². The van der Waals surface area contributed by atoms with Crippen molar-refractivity contribution in [1.82, 2.24) is 9.97 Å². The van der Waals surface area contributed by atoms with Gasteiger partial charge in [-0.05, 0) is 78.3 Å². The molecule has 5 heteroatoms. The van der Waals surface area contributed by atoms with Gasteiger partial charge in [0.1, 0.15) is 5.82 Å². The van der Waals surface area contributed by atoms with Crippen molar-refractivity contribution in [3.8, 4) is 11.1 Å². The van der Waals surface area contributed by atoms with E-state index < -0.39 is 0 Å². The van der Waals surface area contributed by atoms with E-state index >= 15 is 0 Å². The van der Waals surface area contributed by atoms with Crippen molar-refractivity contribution < 1.29 is 4.79 Å². The Morgan fingerprint density at radius 1 is 1.18 bits per heavy atom. The summed E-state index contributed by atoms with van der Waals surface area (Å²) in [5.74, 6) is 2.77. The SMILES string of the molecule is Cc1ccncc1-c1cc(Cl)c2cnc(NC(=O)[C@H]3[C@@H]4CC(C)C[C@@H]43)cc2c1. The second-order valence-corrected chi connectivity index (χ2v) is 8.77. The lowest BCUT2D eigenvalue weighted by atomic mass is 10.00. The molecule has 1 N–H and O–H groups in total. The summed E-state index contributed by atoms with van der Waals surface area (Å²) in [4.78, 5) is 21.3. The second-order valence-electron chi connectivity index (χ2n) is 8.36. The molecule has 0 radical (unpaired) electrons. The number of aryl methyl sites for hydroxylation is 1. The molecule has 4 atom stereocenters. The number of aromatic nitrogens is 2. The molecule has 0 saturated heterocycles. The number of carbonyl (C=O) groups excluding carboxylic acids is 1. The first-order valence-electron chi connectivity index (χ1n) is 9.82. The molecule has 3 aromatic rings. The van der Waals surface area contributed by atoms with Crippen molar-refractivity contribution in [2.45, 2.75) is 26.7 Å². The van der Waals surface area contributed by atoms with E-state index in [4.69, 9.17) is 11.6 Å². The van der Waals surface area contributed by atoms with E-state index in [0.29, 0.717) is 22.7 Å². The van der Waals surface area contributed by atoms with Gasteiger partial charge in [0.25, 0.3) is 0 Å². The maximum atomic E-state index is 12.6. The number of fused-ring (bicyclic) bond motifs is 2. The van der Waals surface area contributed by atoms with Crippen molar-refractivity contribution >= 4 is 34.1 Å². The average molecular weight is 392 g/mol. The summed E-state index contributed by atoms with van der Waals surface area (Å²) in [6.45, 7) is 4.33. The van der Waals surface area contributed by atoms with Crippen LogP contribution in [0.3, 0.4) is 0 Å². The lowest BCUT2D eigenvalue weighted by molar-refractivity contribution is -0.118. The predicted octanol–water partition coefficient (Wildman–Crippen LogP) is 5.49. The minimum Gasteiger partial charge on any atom is -0.310 e. The summed E-state index contributed by atoms with van der Waals surface area (Å²) in [5, 5.41) is 5.51. The highest BCUT2D eigenvalue weighted by Crippen LogP contribution is 2.59. The van der Waals surface area contributed by atoms with Gasteiger partial charge in [0.2, 0.25) is 5.91 Å². The molecule has 2 aromatic heterocycles. The summed E-state index contributed by atoms with van der Waals surface area (Å²) in [5.41, 5.74) is 3.20. The molecule has 2 saturated carbocycles. The predicted molar refractivity (Wildman–Crippen MR) is 112 cm³/mol. The average Bonchev–Trinajstić information content (AvgIpc) is 3.18. The van der Waals surface area contributed by atoms with Gasteiger partial charge in [0, 0.05) is 35.5 Å². The number of hydrogen-bond acceptors (Lipinski definition) is 3. The van der Waals surface area contributed by atoms with Crippen LogP contribution in [0, 0.1) is 30.6 Å². The van der Waals surface area contributed by atoms with Crippen molar-refractivity contribution in [2.75, 3.05) is 5.32 Å². The van der Waals surface area contributed by atoms with Gasteiger partial charge >= 0.3 is 0 Å². The quantitative estimate of drug-likeness (QED) is 0.642. The van der Waals surface area contributed by atoms with Crippen LogP contribution in [-0.2, 0) is 4.79 Å². The van der Waals surface area contributed by atoms with Crippen LogP contribution in [-0.4, -0.2) is 15.9 Å². The Kier molecular flexibility index (Phi) is 4.13. The molecule has 0 spiro atoms. The molecular weight excluding hydrogens is 370 g/mol. The largest absolute Gasteiger partial charge is 0.310 e. The zero-order valence-corrected chi connectivity index (χ0v) is 16.7. The summed E-state index contributed by atoms with van der Waals surface area (Å²) in [7, 11) is 0. The molecule has 1 aromatic carbocycles. The number of halogens is 1. The Labute approximate surface area is 169 Å². The van der Waals surface area contributed by atoms with Crippen LogP contribution in [0.15, 0.2) is 42.9 Å². The molecule has 1 amide bonds. The highest BCUT2D eigenvalue weighted by atomic mass is 35.5. The number of hydrogen-bond donors (Lipinski definition) is 1. The summed E-state index contributed by atoms with van der Waals surface area (Å²) < 4.78 is 0. The molecule has 5 rings (SSSR count). The van der Waals surface area contributed by atoms with Crippen LogP contribution < -0.4 is 5.32 Å². The van der Waals surface area contributed by atoms with Gasteiger partial charge in [-0.25, -0.2) is 4.98 Å².